The fourth-order valence-corrected chi connectivity index (χ4v) is 2.60. The second-order valence-electron chi connectivity index (χ2n) is 6.63. The molecular formula is C21H25FN2O2. The lowest BCUT2D eigenvalue weighted by Gasteiger charge is -2.30. The molecule has 2 aromatic rings. The van der Waals surface area contributed by atoms with E-state index in [1.54, 1.807) is 32.9 Å². The molecule has 2 rings (SSSR count). The summed E-state index contributed by atoms with van der Waals surface area (Å²) >= 11 is 0. The summed E-state index contributed by atoms with van der Waals surface area (Å²) in [5.74, 6) is -0.898. The molecule has 138 valence electrons. The van der Waals surface area contributed by atoms with Gasteiger partial charge in [-0.2, -0.15) is 0 Å². The van der Waals surface area contributed by atoms with Crippen LogP contribution in [0.25, 0.3) is 0 Å². The van der Waals surface area contributed by atoms with Crippen LogP contribution in [0.3, 0.4) is 0 Å². The molecule has 0 aromatic heterocycles. The second kappa shape index (κ2) is 9.13. The molecule has 0 fully saturated rings. The minimum atomic E-state index is -0.626. The van der Waals surface area contributed by atoms with Crippen molar-refractivity contribution < 1.29 is 14.0 Å². The van der Waals surface area contributed by atoms with Crippen molar-refractivity contribution in [3.05, 3.63) is 71.5 Å². The van der Waals surface area contributed by atoms with Crippen LogP contribution in [0.4, 0.5) is 4.39 Å². The highest BCUT2D eigenvalue weighted by Crippen LogP contribution is 2.14. The monoisotopic (exact) mass is 356 g/mol. The Hall–Kier alpha value is -2.69. The molecule has 0 radical (unpaired) electrons. The Balaban J connectivity index is 2.08. The smallest absolute Gasteiger partial charge is 0.242 e. The number of benzene rings is 2. The summed E-state index contributed by atoms with van der Waals surface area (Å²) in [5.41, 5.74) is 1.77. The van der Waals surface area contributed by atoms with Crippen molar-refractivity contribution in [3.8, 4) is 0 Å². The number of hydrogen-bond donors (Lipinski definition) is 1. The predicted octanol–water partition coefficient (Wildman–Crippen LogP) is 3.52. The molecule has 0 heterocycles. The van der Waals surface area contributed by atoms with Gasteiger partial charge in [0, 0.05) is 19.0 Å². The molecule has 0 aliphatic carbocycles. The number of nitrogens with zero attached hydrogens (tertiary/aromatic N) is 1. The molecule has 0 aliphatic rings. The van der Waals surface area contributed by atoms with Crippen LogP contribution < -0.4 is 5.32 Å². The summed E-state index contributed by atoms with van der Waals surface area (Å²) in [6, 6.07) is 14.9. The number of rotatable bonds is 7. The van der Waals surface area contributed by atoms with Crippen LogP contribution in [-0.2, 0) is 22.7 Å². The van der Waals surface area contributed by atoms with Crippen molar-refractivity contribution in [2.45, 2.75) is 39.9 Å². The van der Waals surface area contributed by atoms with E-state index in [0.29, 0.717) is 6.54 Å². The first kappa shape index (κ1) is 19.6. The van der Waals surface area contributed by atoms with Crippen LogP contribution in [0.15, 0.2) is 54.6 Å². The maximum atomic E-state index is 13.1. The third kappa shape index (κ3) is 5.41. The van der Waals surface area contributed by atoms with Gasteiger partial charge in [-0.15, -0.1) is 0 Å². The number of amides is 2. The number of carbonyl (C=O) groups excluding carboxylic acids is 2. The van der Waals surface area contributed by atoms with Crippen molar-refractivity contribution in [1.29, 1.82) is 0 Å². The maximum absolute atomic E-state index is 13.1. The zero-order chi connectivity index (χ0) is 19.1. The average molecular weight is 356 g/mol. The Morgan fingerprint density at radius 2 is 1.58 bits per heavy atom. The van der Waals surface area contributed by atoms with Gasteiger partial charge in [0.15, 0.2) is 0 Å². The highest BCUT2D eigenvalue weighted by atomic mass is 19.1. The summed E-state index contributed by atoms with van der Waals surface area (Å²) in [6.07, 6.45) is 0. The summed E-state index contributed by atoms with van der Waals surface area (Å²) < 4.78 is 13.1. The number of hydrogen-bond acceptors (Lipinski definition) is 2. The van der Waals surface area contributed by atoms with Gasteiger partial charge in [0.25, 0.3) is 0 Å². The summed E-state index contributed by atoms with van der Waals surface area (Å²) in [7, 11) is 0. The Morgan fingerprint density at radius 3 is 2.15 bits per heavy atom. The quantitative estimate of drug-likeness (QED) is 0.825. The zero-order valence-corrected chi connectivity index (χ0v) is 15.4. The van der Waals surface area contributed by atoms with Gasteiger partial charge in [0.05, 0.1) is 0 Å². The van der Waals surface area contributed by atoms with Crippen molar-refractivity contribution in [2.24, 2.45) is 5.92 Å². The van der Waals surface area contributed by atoms with E-state index in [0.717, 1.165) is 11.1 Å². The van der Waals surface area contributed by atoms with Gasteiger partial charge in [-0.1, -0.05) is 56.3 Å². The van der Waals surface area contributed by atoms with E-state index in [9.17, 15) is 14.0 Å². The van der Waals surface area contributed by atoms with Gasteiger partial charge in [-0.25, -0.2) is 4.39 Å². The second-order valence-corrected chi connectivity index (χ2v) is 6.63. The van der Waals surface area contributed by atoms with E-state index in [-0.39, 0.29) is 30.1 Å². The molecule has 4 nitrogen and oxygen atoms in total. The predicted molar refractivity (Wildman–Crippen MR) is 99.5 cm³/mol. The lowest BCUT2D eigenvalue weighted by atomic mass is 10.1. The Labute approximate surface area is 154 Å². The zero-order valence-electron chi connectivity index (χ0n) is 15.4. The van der Waals surface area contributed by atoms with Crippen LogP contribution in [0, 0.1) is 11.7 Å². The molecule has 0 saturated carbocycles. The standard InChI is InChI=1S/C21H25FN2O2/c1-15(2)21(26)24(14-18-9-11-19(22)12-10-18)16(3)20(25)23-13-17-7-5-4-6-8-17/h4-12,15-16H,13-14H2,1-3H3,(H,23,25)/t16-/m1/s1. The van der Waals surface area contributed by atoms with Gasteiger partial charge in [0.2, 0.25) is 11.8 Å². The molecule has 0 saturated heterocycles. The molecule has 1 atom stereocenters. The van der Waals surface area contributed by atoms with Crippen LogP contribution in [-0.4, -0.2) is 22.8 Å². The molecule has 0 bridgehead atoms. The molecular weight excluding hydrogens is 331 g/mol. The number of nitrogens with one attached hydrogen (secondary N) is 1. The third-order valence-corrected chi connectivity index (χ3v) is 4.20. The van der Waals surface area contributed by atoms with E-state index in [1.165, 1.54) is 17.0 Å². The van der Waals surface area contributed by atoms with E-state index in [2.05, 4.69) is 5.32 Å². The molecule has 5 heteroatoms. The highest BCUT2D eigenvalue weighted by molar-refractivity contribution is 5.88. The van der Waals surface area contributed by atoms with Crippen LogP contribution in [0.5, 0.6) is 0 Å². The molecule has 1 N–H and O–H groups in total. The first-order valence-corrected chi connectivity index (χ1v) is 8.75. The SMILES string of the molecule is CC(C)C(=O)N(Cc1ccc(F)cc1)[C@H](C)C(=O)NCc1ccccc1. The minimum absolute atomic E-state index is 0.114. The number of halogens is 1. The van der Waals surface area contributed by atoms with Gasteiger partial charge >= 0.3 is 0 Å². The molecule has 0 aliphatic heterocycles. The third-order valence-electron chi connectivity index (χ3n) is 4.20. The topological polar surface area (TPSA) is 49.4 Å². The summed E-state index contributed by atoms with van der Waals surface area (Å²) in [6.45, 7) is 5.98. The van der Waals surface area contributed by atoms with Gasteiger partial charge in [-0.3, -0.25) is 9.59 Å². The van der Waals surface area contributed by atoms with Gasteiger partial charge in [-0.05, 0) is 30.2 Å². The average Bonchev–Trinajstić information content (AvgIpc) is 2.65. The number of carbonyl (C=O) groups is 2. The normalized spacial score (nSPS) is 11.9. The van der Waals surface area contributed by atoms with E-state index in [1.807, 2.05) is 30.3 Å². The molecule has 0 spiro atoms. The van der Waals surface area contributed by atoms with Crippen LogP contribution in [0.2, 0.25) is 0 Å². The summed E-state index contributed by atoms with van der Waals surface area (Å²) in [5, 5.41) is 2.88. The maximum Gasteiger partial charge on any atom is 0.242 e. The molecule has 0 unspecified atom stereocenters. The Kier molecular flexibility index (Phi) is 6.89. The lowest BCUT2D eigenvalue weighted by molar-refractivity contribution is -0.143. The van der Waals surface area contributed by atoms with Crippen molar-refractivity contribution in [1.82, 2.24) is 10.2 Å². The fraction of sp³-hybridized carbons (Fsp3) is 0.333. The van der Waals surface area contributed by atoms with E-state index < -0.39 is 6.04 Å². The minimum Gasteiger partial charge on any atom is -0.350 e. The molecule has 26 heavy (non-hydrogen) atoms. The van der Waals surface area contributed by atoms with E-state index >= 15 is 0 Å². The largest absolute Gasteiger partial charge is 0.350 e. The molecule has 2 amide bonds. The van der Waals surface area contributed by atoms with Crippen molar-refractivity contribution in [3.63, 3.8) is 0 Å². The Morgan fingerprint density at radius 1 is 0.962 bits per heavy atom. The molecule has 2 aromatic carbocycles. The highest BCUT2D eigenvalue weighted by Gasteiger charge is 2.27. The van der Waals surface area contributed by atoms with Gasteiger partial charge < -0.3 is 10.2 Å². The van der Waals surface area contributed by atoms with Crippen molar-refractivity contribution in [2.75, 3.05) is 0 Å². The first-order chi connectivity index (χ1) is 12.4. The van der Waals surface area contributed by atoms with Crippen LogP contribution in [0.1, 0.15) is 31.9 Å². The lowest BCUT2D eigenvalue weighted by Crippen LogP contribution is -2.48. The van der Waals surface area contributed by atoms with Gasteiger partial charge in [0.1, 0.15) is 11.9 Å². The first-order valence-electron chi connectivity index (χ1n) is 8.75. The van der Waals surface area contributed by atoms with E-state index in [4.69, 9.17) is 0 Å². The fourth-order valence-electron chi connectivity index (χ4n) is 2.60. The summed E-state index contributed by atoms with van der Waals surface area (Å²) in [4.78, 5) is 26.7. The van der Waals surface area contributed by atoms with Crippen LogP contribution >= 0.6 is 0 Å². The Bertz CT molecular complexity index is 729. The van der Waals surface area contributed by atoms with Crippen molar-refractivity contribution >= 4 is 11.8 Å².